The third-order valence-corrected chi connectivity index (χ3v) is 7.17. The fourth-order valence-electron chi connectivity index (χ4n) is 5.19. The molecule has 2 aromatic heterocycles. The van der Waals surface area contributed by atoms with Gasteiger partial charge >= 0.3 is 0 Å². The second-order valence-corrected chi connectivity index (χ2v) is 10.9. The van der Waals surface area contributed by atoms with Crippen LogP contribution in [0.2, 0.25) is 0 Å². The van der Waals surface area contributed by atoms with E-state index in [9.17, 15) is 19.1 Å². The summed E-state index contributed by atoms with van der Waals surface area (Å²) in [5, 5.41) is 15.3. The normalized spacial score (nSPS) is 11.6. The summed E-state index contributed by atoms with van der Waals surface area (Å²) in [6, 6.07) is 14.8. The molecule has 0 spiro atoms. The van der Waals surface area contributed by atoms with Gasteiger partial charge in [0.1, 0.15) is 5.82 Å². The Hall–Kier alpha value is -5.09. The lowest BCUT2D eigenvalue weighted by Crippen LogP contribution is -2.27. The van der Waals surface area contributed by atoms with Crippen molar-refractivity contribution in [3.8, 4) is 22.4 Å². The number of nitrogens with two attached hydrogens (primary N) is 1. The Morgan fingerprint density at radius 1 is 1.14 bits per heavy atom. The smallest absolute Gasteiger partial charge is 0.260 e. The Bertz CT molecular complexity index is 1860. The number of hydrogen-bond donors (Lipinski definition) is 3. The van der Waals surface area contributed by atoms with Crippen molar-refractivity contribution in [2.24, 2.45) is 10.7 Å². The second kappa shape index (κ2) is 10.7. The van der Waals surface area contributed by atoms with Crippen LogP contribution in [0.3, 0.4) is 0 Å². The molecule has 42 heavy (non-hydrogen) atoms. The lowest BCUT2D eigenvalue weighted by atomic mass is 9.94. The second-order valence-electron chi connectivity index (χ2n) is 10.9. The van der Waals surface area contributed by atoms with Crippen LogP contribution in [-0.2, 0) is 6.54 Å². The highest BCUT2D eigenvalue weighted by Gasteiger charge is 2.22. The van der Waals surface area contributed by atoms with Crippen LogP contribution < -0.4 is 10.6 Å². The van der Waals surface area contributed by atoms with Crippen molar-refractivity contribution in [1.29, 1.82) is 0 Å². The third kappa shape index (κ3) is 5.31. The first kappa shape index (κ1) is 28.4. The Kier molecular flexibility index (Phi) is 7.26. The maximum absolute atomic E-state index is 14.0. The summed E-state index contributed by atoms with van der Waals surface area (Å²) in [6.45, 7) is 9.12. The number of anilines is 1. The van der Waals surface area contributed by atoms with Crippen LogP contribution in [0.1, 0.15) is 40.1 Å². The number of hydrogen-bond acceptors (Lipinski definition) is 5. The molecular weight excluding hydrogens is 535 g/mol. The number of H-pyrrole nitrogens is 1. The summed E-state index contributed by atoms with van der Waals surface area (Å²) < 4.78 is 15.7. The molecule has 2 amide bonds. The monoisotopic (exact) mass is 566 g/mol. The fraction of sp³-hybridized carbons (Fsp3) is 0.188. The molecular formula is C32H31FN6O3. The standard InChI is InChI=1S/C32H31FN6O3/c1-18-21(7-6-8-28(18)38(5)31(41)25-13-20(33)9-12-26(25)35-4)22-10-11-23(30(34)40)29-24(22)14-27(37-29)19-15-36-39(16-19)17-32(2,3)42/h6-16,37,42H,4,17H2,1-3,5H3,(H2,34,40). The Labute approximate surface area is 242 Å². The first-order valence-electron chi connectivity index (χ1n) is 13.2. The molecule has 2 heterocycles. The summed E-state index contributed by atoms with van der Waals surface area (Å²) in [7, 11) is 1.62. The summed E-state index contributed by atoms with van der Waals surface area (Å²) in [6.07, 6.45) is 3.50. The number of aliphatic hydroxyl groups is 1. The molecule has 10 heteroatoms. The number of carbonyl (C=O) groups is 2. The molecule has 5 rings (SSSR count). The number of nitrogens with zero attached hydrogens (tertiary/aromatic N) is 4. The average molecular weight is 567 g/mol. The topological polar surface area (TPSA) is 130 Å². The van der Waals surface area contributed by atoms with Crippen LogP contribution in [0.5, 0.6) is 0 Å². The van der Waals surface area contributed by atoms with E-state index < -0.39 is 23.2 Å². The number of primary amides is 1. The van der Waals surface area contributed by atoms with E-state index >= 15 is 0 Å². The van der Waals surface area contributed by atoms with Crippen molar-refractivity contribution in [1.82, 2.24) is 14.8 Å². The van der Waals surface area contributed by atoms with E-state index in [1.165, 1.54) is 17.0 Å². The predicted molar refractivity (Wildman–Crippen MR) is 163 cm³/mol. The number of amides is 2. The molecule has 9 nitrogen and oxygen atoms in total. The van der Waals surface area contributed by atoms with E-state index in [1.54, 1.807) is 37.8 Å². The molecule has 0 aliphatic rings. The first-order valence-corrected chi connectivity index (χ1v) is 13.2. The van der Waals surface area contributed by atoms with E-state index in [0.29, 0.717) is 23.3 Å². The van der Waals surface area contributed by atoms with Crippen LogP contribution in [0, 0.1) is 12.7 Å². The van der Waals surface area contributed by atoms with Crippen molar-refractivity contribution in [3.05, 3.63) is 89.5 Å². The number of fused-ring (bicyclic) bond motifs is 1. The van der Waals surface area contributed by atoms with Gasteiger partial charge in [0.2, 0.25) is 0 Å². The highest BCUT2D eigenvalue weighted by Crippen LogP contribution is 2.38. The predicted octanol–water partition coefficient (Wildman–Crippen LogP) is 5.62. The van der Waals surface area contributed by atoms with Gasteiger partial charge in [-0.15, -0.1) is 0 Å². The molecule has 0 aliphatic carbocycles. The third-order valence-electron chi connectivity index (χ3n) is 7.17. The molecule has 0 bridgehead atoms. The quantitative estimate of drug-likeness (QED) is 0.210. The van der Waals surface area contributed by atoms with Gasteiger partial charge in [-0.2, -0.15) is 5.10 Å². The van der Waals surface area contributed by atoms with Gasteiger partial charge in [-0.1, -0.05) is 18.2 Å². The van der Waals surface area contributed by atoms with E-state index in [0.717, 1.165) is 39.4 Å². The number of nitrogens with one attached hydrogen (secondary N) is 1. The molecule has 0 radical (unpaired) electrons. The molecule has 0 fully saturated rings. The van der Waals surface area contributed by atoms with Crippen molar-refractivity contribution in [2.45, 2.75) is 32.9 Å². The van der Waals surface area contributed by atoms with Gasteiger partial charge in [-0.05, 0) is 80.6 Å². The number of aliphatic imine (C=N–C) groups is 1. The van der Waals surface area contributed by atoms with Crippen LogP contribution in [-0.4, -0.2) is 51.1 Å². The molecule has 0 unspecified atom stereocenters. The minimum absolute atomic E-state index is 0.103. The van der Waals surface area contributed by atoms with Crippen molar-refractivity contribution in [2.75, 3.05) is 11.9 Å². The number of aromatic nitrogens is 3. The number of carbonyl (C=O) groups excluding carboxylic acids is 2. The van der Waals surface area contributed by atoms with E-state index in [4.69, 9.17) is 5.73 Å². The minimum atomic E-state index is -0.939. The largest absolute Gasteiger partial charge is 0.389 e. The number of aromatic amines is 1. The molecule has 214 valence electrons. The van der Waals surface area contributed by atoms with Crippen LogP contribution in [0.4, 0.5) is 15.8 Å². The van der Waals surface area contributed by atoms with E-state index in [-0.39, 0.29) is 11.3 Å². The molecule has 5 aromatic rings. The summed E-state index contributed by atoms with van der Waals surface area (Å²) in [4.78, 5) is 34.5. The SMILES string of the molecule is C=Nc1ccc(F)cc1C(=O)N(C)c1cccc(-c2ccc(C(N)=O)c3[nH]c(-c4cnn(CC(C)(C)O)c4)cc23)c1C. The van der Waals surface area contributed by atoms with Crippen molar-refractivity contribution < 1.29 is 19.1 Å². The van der Waals surface area contributed by atoms with Gasteiger partial charge in [0.15, 0.2) is 0 Å². The lowest BCUT2D eigenvalue weighted by Gasteiger charge is -2.22. The zero-order valence-corrected chi connectivity index (χ0v) is 23.8. The zero-order chi connectivity index (χ0) is 30.3. The van der Waals surface area contributed by atoms with Crippen molar-refractivity contribution in [3.63, 3.8) is 0 Å². The van der Waals surface area contributed by atoms with Gasteiger partial charge in [-0.25, -0.2) is 4.39 Å². The van der Waals surface area contributed by atoms with Gasteiger partial charge < -0.3 is 20.7 Å². The summed E-state index contributed by atoms with van der Waals surface area (Å²) in [5.74, 6) is -1.55. The van der Waals surface area contributed by atoms with Gasteiger partial charge in [-0.3, -0.25) is 19.3 Å². The molecule has 3 aromatic carbocycles. The first-order chi connectivity index (χ1) is 19.9. The van der Waals surface area contributed by atoms with Gasteiger partial charge in [0.25, 0.3) is 11.8 Å². The minimum Gasteiger partial charge on any atom is -0.389 e. The lowest BCUT2D eigenvalue weighted by molar-refractivity contribution is 0.0577. The molecule has 0 atom stereocenters. The molecule has 0 aliphatic heterocycles. The average Bonchev–Trinajstić information content (AvgIpc) is 3.58. The van der Waals surface area contributed by atoms with Gasteiger partial charge in [0, 0.05) is 35.6 Å². The molecule has 4 N–H and O–H groups in total. The number of halogens is 1. The molecule has 0 saturated heterocycles. The highest BCUT2D eigenvalue weighted by atomic mass is 19.1. The summed E-state index contributed by atoms with van der Waals surface area (Å²) >= 11 is 0. The Morgan fingerprint density at radius 3 is 2.60 bits per heavy atom. The zero-order valence-electron chi connectivity index (χ0n) is 23.8. The fourth-order valence-corrected chi connectivity index (χ4v) is 5.19. The maximum Gasteiger partial charge on any atom is 0.260 e. The van der Waals surface area contributed by atoms with E-state index in [1.807, 2.05) is 43.5 Å². The molecule has 0 saturated carbocycles. The number of rotatable bonds is 8. The van der Waals surface area contributed by atoms with Crippen LogP contribution in [0.25, 0.3) is 33.3 Å². The Morgan fingerprint density at radius 2 is 1.90 bits per heavy atom. The number of benzene rings is 3. The maximum atomic E-state index is 14.0. The van der Waals surface area contributed by atoms with Crippen LogP contribution >= 0.6 is 0 Å². The summed E-state index contributed by atoms with van der Waals surface area (Å²) in [5.41, 5.74) is 10.6. The van der Waals surface area contributed by atoms with Crippen LogP contribution in [0.15, 0.2) is 72.0 Å². The Balaban J connectivity index is 1.61. The highest BCUT2D eigenvalue weighted by molar-refractivity contribution is 6.12. The van der Waals surface area contributed by atoms with Gasteiger partial charge in [0.05, 0.1) is 40.7 Å². The van der Waals surface area contributed by atoms with Crippen molar-refractivity contribution >= 4 is 40.8 Å². The van der Waals surface area contributed by atoms with E-state index in [2.05, 4.69) is 21.8 Å².